The topological polar surface area (TPSA) is 87.7 Å². The van der Waals surface area contributed by atoms with Gasteiger partial charge in [0.2, 0.25) is 11.8 Å². The van der Waals surface area contributed by atoms with E-state index >= 15 is 0 Å². The van der Waals surface area contributed by atoms with Crippen LogP contribution in [0.5, 0.6) is 0 Å². The van der Waals surface area contributed by atoms with Crippen LogP contribution in [0.2, 0.25) is 0 Å². The fourth-order valence-corrected chi connectivity index (χ4v) is 4.02. The molecule has 1 aromatic rings. The third kappa shape index (κ3) is 9.77. The number of benzene rings is 1. The number of alkyl carbamates (subject to hydrolysis) is 1. The summed E-state index contributed by atoms with van der Waals surface area (Å²) in [5, 5.41) is 5.58. The molecule has 200 valence electrons. The fraction of sp³-hybridized carbons (Fsp3) is 0.607. The van der Waals surface area contributed by atoms with Gasteiger partial charge < -0.3 is 20.3 Å². The Bertz CT molecular complexity index is 933. The number of ether oxygens (including phenoxy) is 1. The van der Waals surface area contributed by atoms with Gasteiger partial charge in [0.05, 0.1) is 0 Å². The van der Waals surface area contributed by atoms with Crippen LogP contribution in [-0.4, -0.2) is 52.3 Å². The smallest absolute Gasteiger partial charge is 0.408 e. The number of hydrogen-bond donors (Lipinski definition) is 3. The number of thiol groups is 1. The van der Waals surface area contributed by atoms with E-state index in [9.17, 15) is 14.4 Å². The van der Waals surface area contributed by atoms with Crippen molar-refractivity contribution < 1.29 is 19.1 Å². The molecule has 36 heavy (non-hydrogen) atoms. The maximum Gasteiger partial charge on any atom is 0.408 e. The minimum absolute atomic E-state index is 0.0286. The Morgan fingerprint density at radius 3 is 2.17 bits per heavy atom. The summed E-state index contributed by atoms with van der Waals surface area (Å²) in [7, 11) is 0. The van der Waals surface area contributed by atoms with Gasteiger partial charge in [-0.2, -0.15) is 12.6 Å². The van der Waals surface area contributed by atoms with E-state index in [-0.39, 0.29) is 23.7 Å². The second-order valence-corrected chi connectivity index (χ2v) is 11.1. The van der Waals surface area contributed by atoms with Crippen molar-refractivity contribution in [3.63, 3.8) is 0 Å². The van der Waals surface area contributed by atoms with Gasteiger partial charge in [0.1, 0.15) is 17.7 Å². The average molecular weight is 518 g/mol. The first kappa shape index (κ1) is 31.4. The van der Waals surface area contributed by atoms with E-state index in [4.69, 9.17) is 11.2 Å². The van der Waals surface area contributed by atoms with E-state index in [1.807, 2.05) is 20.8 Å². The van der Waals surface area contributed by atoms with Gasteiger partial charge in [0, 0.05) is 23.4 Å². The van der Waals surface area contributed by atoms with Gasteiger partial charge in [-0.15, -0.1) is 6.42 Å². The first-order valence-electron chi connectivity index (χ1n) is 12.5. The number of nitrogens with zero attached hydrogens (tertiary/aromatic N) is 1. The summed E-state index contributed by atoms with van der Waals surface area (Å²) in [5.74, 6) is 2.31. The molecule has 3 amide bonds. The predicted octanol–water partition coefficient (Wildman–Crippen LogP) is 4.71. The quantitative estimate of drug-likeness (QED) is 0.293. The third-order valence-electron chi connectivity index (χ3n) is 5.43. The minimum Gasteiger partial charge on any atom is -0.444 e. The highest BCUT2D eigenvalue weighted by molar-refractivity contribution is 7.80. The zero-order valence-electron chi connectivity index (χ0n) is 22.9. The molecule has 0 spiro atoms. The van der Waals surface area contributed by atoms with Gasteiger partial charge >= 0.3 is 6.09 Å². The van der Waals surface area contributed by atoms with Crippen LogP contribution in [0.25, 0.3) is 0 Å². The summed E-state index contributed by atoms with van der Waals surface area (Å²) in [6, 6.07) is 4.65. The number of hydrogen-bond acceptors (Lipinski definition) is 5. The second-order valence-electron chi connectivity index (χ2n) is 10.7. The van der Waals surface area contributed by atoms with E-state index in [0.717, 1.165) is 6.42 Å². The summed E-state index contributed by atoms with van der Waals surface area (Å²) < 4.78 is 5.36. The Labute approximate surface area is 222 Å². The Morgan fingerprint density at radius 2 is 1.67 bits per heavy atom. The third-order valence-corrected chi connectivity index (χ3v) is 5.80. The molecule has 1 rings (SSSR count). The monoisotopic (exact) mass is 517 g/mol. The molecule has 0 saturated carbocycles. The Kier molecular flexibility index (Phi) is 12.4. The molecule has 0 aliphatic heterocycles. The van der Waals surface area contributed by atoms with Crippen LogP contribution in [0.1, 0.15) is 85.4 Å². The average Bonchev–Trinajstić information content (AvgIpc) is 2.77. The van der Waals surface area contributed by atoms with Crippen molar-refractivity contribution in [3.05, 3.63) is 35.4 Å². The standard InChI is InChI=1S/C28H43N3O4S/c1-10-21-13-11-12-14-22(21)24(25(32)29-19(4)5)31(20(6)16-15-18(2)3)26(33)23(17-36)30-27(34)35-28(7,8)9/h1,11-14,18-20,23-24,36H,15-17H2,2-9H3,(H,29,32)(H,30,34). The van der Waals surface area contributed by atoms with Crippen LogP contribution < -0.4 is 10.6 Å². The van der Waals surface area contributed by atoms with E-state index in [2.05, 4.69) is 43.0 Å². The van der Waals surface area contributed by atoms with Crippen molar-refractivity contribution in [2.24, 2.45) is 5.92 Å². The van der Waals surface area contributed by atoms with Crippen LogP contribution in [0.3, 0.4) is 0 Å². The van der Waals surface area contributed by atoms with Crippen molar-refractivity contribution >= 4 is 30.5 Å². The molecule has 1 aromatic carbocycles. The van der Waals surface area contributed by atoms with Gasteiger partial charge in [-0.25, -0.2) is 4.79 Å². The molecular formula is C28H43N3O4S. The lowest BCUT2D eigenvalue weighted by Gasteiger charge is -2.39. The molecule has 3 atom stereocenters. The van der Waals surface area contributed by atoms with Crippen molar-refractivity contribution in [2.45, 2.75) is 98.0 Å². The summed E-state index contributed by atoms with van der Waals surface area (Å²) in [5.41, 5.74) is 0.347. The SMILES string of the molecule is C#Cc1ccccc1C(C(=O)NC(C)C)N(C(=O)C(CS)NC(=O)OC(C)(C)C)C(C)CCC(C)C. The molecule has 0 bridgehead atoms. The van der Waals surface area contributed by atoms with Crippen LogP contribution in [-0.2, 0) is 14.3 Å². The lowest BCUT2D eigenvalue weighted by atomic mass is 9.94. The largest absolute Gasteiger partial charge is 0.444 e. The molecule has 8 heteroatoms. The summed E-state index contributed by atoms with van der Waals surface area (Å²) in [6.07, 6.45) is 6.57. The van der Waals surface area contributed by atoms with Crippen LogP contribution in [0.4, 0.5) is 4.79 Å². The molecule has 0 saturated heterocycles. The van der Waals surface area contributed by atoms with Gasteiger partial charge in [0.25, 0.3) is 0 Å². The zero-order valence-corrected chi connectivity index (χ0v) is 23.8. The van der Waals surface area contributed by atoms with Gasteiger partial charge in [-0.3, -0.25) is 9.59 Å². The normalized spacial score (nSPS) is 13.9. The number of amides is 3. The molecule has 0 aromatic heterocycles. The van der Waals surface area contributed by atoms with Crippen LogP contribution in [0, 0.1) is 18.3 Å². The molecule has 0 heterocycles. The minimum atomic E-state index is -1.00. The number of carbonyl (C=O) groups is 3. The number of rotatable bonds is 11. The van der Waals surface area contributed by atoms with Crippen molar-refractivity contribution in [1.29, 1.82) is 0 Å². The molecule has 7 nitrogen and oxygen atoms in total. The van der Waals surface area contributed by atoms with Gasteiger partial charge in [-0.05, 0) is 71.9 Å². The molecular weight excluding hydrogens is 474 g/mol. The van der Waals surface area contributed by atoms with Crippen molar-refractivity contribution in [1.82, 2.24) is 15.5 Å². The highest BCUT2D eigenvalue weighted by Gasteiger charge is 2.39. The Hall–Kier alpha value is -2.66. The lowest BCUT2D eigenvalue weighted by Crippen LogP contribution is -2.56. The summed E-state index contributed by atoms with van der Waals surface area (Å²) in [6.45, 7) is 15.1. The van der Waals surface area contributed by atoms with Crippen molar-refractivity contribution in [3.8, 4) is 12.3 Å². The van der Waals surface area contributed by atoms with E-state index in [0.29, 0.717) is 23.5 Å². The highest BCUT2D eigenvalue weighted by atomic mass is 32.1. The molecule has 0 radical (unpaired) electrons. The molecule has 0 fully saturated rings. The van der Waals surface area contributed by atoms with E-state index in [1.165, 1.54) is 0 Å². The number of terminal acetylenes is 1. The first-order valence-corrected chi connectivity index (χ1v) is 13.1. The van der Waals surface area contributed by atoms with Crippen molar-refractivity contribution in [2.75, 3.05) is 5.75 Å². The fourth-order valence-electron chi connectivity index (χ4n) is 3.78. The second kappa shape index (κ2) is 14.2. The number of nitrogens with one attached hydrogen (secondary N) is 2. The first-order chi connectivity index (χ1) is 16.7. The maximum absolute atomic E-state index is 14.0. The molecule has 0 aliphatic carbocycles. The molecule has 0 aliphatic rings. The summed E-state index contributed by atoms with van der Waals surface area (Å²) >= 11 is 4.34. The summed E-state index contributed by atoms with van der Waals surface area (Å²) in [4.78, 5) is 41.7. The Morgan fingerprint density at radius 1 is 1.06 bits per heavy atom. The zero-order chi connectivity index (χ0) is 27.6. The van der Waals surface area contributed by atoms with Gasteiger partial charge in [-0.1, -0.05) is 38.0 Å². The molecule has 2 N–H and O–H groups in total. The number of carbonyl (C=O) groups excluding carboxylic acids is 3. The van der Waals surface area contributed by atoms with Crippen LogP contribution in [0.15, 0.2) is 24.3 Å². The predicted molar refractivity (Wildman–Crippen MR) is 148 cm³/mol. The Balaban J connectivity index is 3.60. The van der Waals surface area contributed by atoms with Crippen LogP contribution >= 0.6 is 12.6 Å². The van der Waals surface area contributed by atoms with E-state index in [1.54, 1.807) is 49.9 Å². The molecule has 3 unspecified atom stereocenters. The maximum atomic E-state index is 14.0. The van der Waals surface area contributed by atoms with E-state index < -0.39 is 29.7 Å². The van der Waals surface area contributed by atoms with Gasteiger partial charge in [0.15, 0.2) is 0 Å². The lowest BCUT2D eigenvalue weighted by molar-refractivity contribution is -0.145. The highest BCUT2D eigenvalue weighted by Crippen LogP contribution is 2.29.